The normalized spacial score (nSPS) is 12.6. The molecule has 6 nitrogen and oxygen atoms in total. The van der Waals surface area contributed by atoms with Gasteiger partial charge >= 0.3 is 17.9 Å². The van der Waals surface area contributed by atoms with Gasteiger partial charge in [-0.15, -0.1) is 0 Å². The van der Waals surface area contributed by atoms with E-state index in [0.717, 1.165) is 103 Å². The van der Waals surface area contributed by atoms with E-state index in [2.05, 4.69) is 106 Å². The average Bonchev–Trinajstić information content (AvgIpc) is 3.46. The van der Waals surface area contributed by atoms with Crippen LogP contribution < -0.4 is 0 Å². The Balaban J connectivity index is 4.05. The number of ether oxygens (including phenoxy) is 3. The van der Waals surface area contributed by atoms with Crippen molar-refractivity contribution in [3.05, 3.63) is 85.1 Å². The summed E-state index contributed by atoms with van der Waals surface area (Å²) in [5.74, 6) is -0.867. The van der Waals surface area contributed by atoms with Crippen molar-refractivity contribution in [1.82, 2.24) is 0 Å². The number of esters is 3. The minimum Gasteiger partial charge on any atom is -0.462 e. The molecule has 0 fully saturated rings. The third kappa shape index (κ3) is 65.4. The Kier molecular flexibility index (Phi) is 65.2. The van der Waals surface area contributed by atoms with Gasteiger partial charge in [0.1, 0.15) is 13.2 Å². The van der Waals surface area contributed by atoms with Crippen molar-refractivity contribution in [2.75, 3.05) is 13.2 Å². The molecule has 1 unspecified atom stereocenters. The van der Waals surface area contributed by atoms with Crippen LogP contribution in [-0.4, -0.2) is 37.2 Å². The third-order valence-electron chi connectivity index (χ3n) is 15.1. The van der Waals surface area contributed by atoms with Gasteiger partial charge in [-0.05, 0) is 96.3 Å². The Bertz CT molecular complexity index is 1520. The van der Waals surface area contributed by atoms with Crippen LogP contribution in [0.15, 0.2) is 85.1 Å². The monoisotopic (exact) mass is 1110 g/mol. The van der Waals surface area contributed by atoms with E-state index in [1.54, 1.807) is 0 Å². The Morgan fingerprint density at radius 1 is 0.263 bits per heavy atom. The molecule has 0 aliphatic carbocycles. The van der Waals surface area contributed by atoms with Crippen molar-refractivity contribution in [3.63, 3.8) is 0 Å². The van der Waals surface area contributed by atoms with Crippen molar-refractivity contribution >= 4 is 17.9 Å². The SMILES string of the molecule is CC/C=C\C/C=C\C/C=C\C/C=C\C/C=C\CCCCCCCCCCCCCCCCCCCCCC(=O)OCC(COC(=O)CCCCCCCCCCC)OC(=O)CCCCCCCCC/C=C\C/C=C\CCCCCC. The minimum atomic E-state index is -0.776. The molecule has 462 valence electrons. The van der Waals surface area contributed by atoms with Crippen molar-refractivity contribution < 1.29 is 28.6 Å². The number of carbonyl (C=O) groups excluding carboxylic acids is 3. The van der Waals surface area contributed by atoms with E-state index in [1.807, 2.05) is 0 Å². The summed E-state index contributed by atoms with van der Waals surface area (Å²) in [6.07, 6.45) is 90.6. The summed E-state index contributed by atoms with van der Waals surface area (Å²) in [5, 5.41) is 0. The van der Waals surface area contributed by atoms with E-state index in [-0.39, 0.29) is 31.1 Å². The highest BCUT2D eigenvalue weighted by Gasteiger charge is 2.19. The summed E-state index contributed by atoms with van der Waals surface area (Å²) in [4.78, 5) is 38.2. The molecule has 0 aromatic heterocycles. The average molecular weight is 1120 g/mol. The summed E-state index contributed by atoms with van der Waals surface area (Å²) in [7, 11) is 0. The maximum Gasteiger partial charge on any atom is 0.306 e. The summed E-state index contributed by atoms with van der Waals surface area (Å²) in [6, 6.07) is 0. The summed E-state index contributed by atoms with van der Waals surface area (Å²) < 4.78 is 16.9. The van der Waals surface area contributed by atoms with Gasteiger partial charge in [-0.3, -0.25) is 14.4 Å². The molecule has 0 aromatic rings. The molecule has 0 bridgehead atoms. The number of unbranched alkanes of at least 4 members (excludes halogenated alkanes) is 38. The van der Waals surface area contributed by atoms with Crippen LogP contribution in [0.4, 0.5) is 0 Å². The Labute approximate surface area is 496 Å². The molecule has 0 spiro atoms. The van der Waals surface area contributed by atoms with Crippen LogP contribution in [0.25, 0.3) is 0 Å². The van der Waals surface area contributed by atoms with Crippen LogP contribution >= 0.6 is 0 Å². The van der Waals surface area contributed by atoms with Crippen molar-refractivity contribution in [3.8, 4) is 0 Å². The summed E-state index contributed by atoms with van der Waals surface area (Å²) in [5.41, 5.74) is 0. The topological polar surface area (TPSA) is 78.9 Å². The molecule has 6 heteroatoms. The highest BCUT2D eigenvalue weighted by Crippen LogP contribution is 2.17. The van der Waals surface area contributed by atoms with Crippen molar-refractivity contribution in [1.29, 1.82) is 0 Å². The zero-order chi connectivity index (χ0) is 57.8. The first-order valence-electron chi connectivity index (χ1n) is 34.6. The van der Waals surface area contributed by atoms with Crippen LogP contribution in [-0.2, 0) is 28.6 Å². The second-order valence-electron chi connectivity index (χ2n) is 23.1. The molecule has 0 N–H and O–H groups in total. The maximum absolute atomic E-state index is 12.9. The summed E-state index contributed by atoms with van der Waals surface area (Å²) in [6.45, 7) is 6.52. The van der Waals surface area contributed by atoms with Crippen LogP contribution in [0.2, 0.25) is 0 Å². The molecule has 0 saturated heterocycles. The predicted octanol–water partition coefficient (Wildman–Crippen LogP) is 23.8. The minimum absolute atomic E-state index is 0.0741. The lowest BCUT2D eigenvalue weighted by Crippen LogP contribution is -2.30. The van der Waals surface area contributed by atoms with Crippen LogP contribution in [0.5, 0.6) is 0 Å². The lowest BCUT2D eigenvalue weighted by atomic mass is 10.0. The fourth-order valence-corrected chi connectivity index (χ4v) is 9.97. The first-order valence-corrected chi connectivity index (χ1v) is 34.6. The van der Waals surface area contributed by atoms with Gasteiger partial charge in [-0.1, -0.05) is 318 Å². The second kappa shape index (κ2) is 68.1. The molecule has 0 rings (SSSR count). The van der Waals surface area contributed by atoms with Gasteiger partial charge in [0.15, 0.2) is 6.10 Å². The van der Waals surface area contributed by atoms with Gasteiger partial charge in [-0.2, -0.15) is 0 Å². The zero-order valence-corrected chi connectivity index (χ0v) is 53.1. The first kappa shape index (κ1) is 76.6. The van der Waals surface area contributed by atoms with E-state index in [1.165, 1.54) is 205 Å². The highest BCUT2D eigenvalue weighted by atomic mass is 16.6. The zero-order valence-electron chi connectivity index (χ0n) is 53.1. The van der Waals surface area contributed by atoms with Gasteiger partial charge in [0.2, 0.25) is 0 Å². The predicted molar refractivity (Wildman–Crippen MR) is 348 cm³/mol. The van der Waals surface area contributed by atoms with Crippen molar-refractivity contribution in [2.24, 2.45) is 0 Å². The third-order valence-corrected chi connectivity index (χ3v) is 15.1. The quantitative estimate of drug-likeness (QED) is 0.0261. The van der Waals surface area contributed by atoms with Crippen LogP contribution in [0, 0.1) is 0 Å². The smallest absolute Gasteiger partial charge is 0.306 e. The van der Waals surface area contributed by atoms with E-state index in [4.69, 9.17) is 14.2 Å². The first-order chi connectivity index (χ1) is 39.5. The number of carbonyl (C=O) groups is 3. The maximum atomic E-state index is 12.9. The molecular weight excluding hydrogens is 985 g/mol. The lowest BCUT2D eigenvalue weighted by Gasteiger charge is -2.18. The number of allylic oxidation sites excluding steroid dienone is 14. The molecular formula is C74H130O6. The standard InChI is InChI=1S/C74H130O6/c1-4-7-10-13-16-19-21-23-25-27-29-30-31-32-33-34-35-36-37-38-39-40-41-42-43-44-45-47-48-50-52-55-58-61-64-67-73(76)79-70-71(69-78-72(75)66-63-60-57-54-18-15-12-9-6-3)80-74(77)68-65-62-59-56-53-51-49-46-28-26-24-22-20-17-14-11-8-5-2/h7,10,16,19-20,22-23,25-26,28-30,32-33,71H,4-6,8-9,11-15,17-18,21,24,27,31,34-70H2,1-3H3/b10-7-,19-16-,22-20-,25-23-,28-26-,30-29-,33-32-. The molecule has 0 aliphatic rings. The highest BCUT2D eigenvalue weighted by molar-refractivity contribution is 5.71. The number of rotatable bonds is 63. The Morgan fingerprint density at radius 3 is 0.775 bits per heavy atom. The fraction of sp³-hybridized carbons (Fsp3) is 0.770. The van der Waals surface area contributed by atoms with E-state index in [9.17, 15) is 14.4 Å². The van der Waals surface area contributed by atoms with E-state index in [0.29, 0.717) is 19.3 Å². The molecule has 0 radical (unpaired) electrons. The number of hydrogen-bond acceptors (Lipinski definition) is 6. The molecule has 0 aliphatic heterocycles. The van der Waals surface area contributed by atoms with Gasteiger partial charge in [0.25, 0.3) is 0 Å². The molecule has 80 heavy (non-hydrogen) atoms. The van der Waals surface area contributed by atoms with Crippen molar-refractivity contribution in [2.45, 2.75) is 354 Å². The molecule has 0 amide bonds. The number of hydrogen-bond donors (Lipinski definition) is 0. The van der Waals surface area contributed by atoms with Gasteiger partial charge in [0.05, 0.1) is 0 Å². The van der Waals surface area contributed by atoms with Gasteiger partial charge in [-0.25, -0.2) is 0 Å². The fourth-order valence-electron chi connectivity index (χ4n) is 9.97. The lowest BCUT2D eigenvalue weighted by molar-refractivity contribution is -0.167. The Morgan fingerprint density at radius 2 is 0.487 bits per heavy atom. The second-order valence-corrected chi connectivity index (χ2v) is 23.1. The molecule has 1 atom stereocenters. The van der Waals surface area contributed by atoms with E-state index < -0.39 is 6.10 Å². The van der Waals surface area contributed by atoms with E-state index >= 15 is 0 Å². The Hall–Kier alpha value is -3.41. The molecule has 0 saturated carbocycles. The summed E-state index contributed by atoms with van der Waals surface area (Å²) >= 11 is 0. The van der Waals surface area contributed by atoms with Gasteiger partial charge in [0, 0.05) is 19.3 Å². The largest absolute Gasteiger partial charge is 0.462 e. The molecule has 0 aromatic carbocycles. The van der Waals surface area contributed by atoms with Crippen LogP contribution in [0.1, 0.15) is 348 Å². The van der Waals surface area contributed by atoms with Gasteiger partial charge < -0.3 is 14.2 Å². The van der Waals surface area contributed by atoms with Crippen LogP contribution in [0.3, 0.4) is 0 Å². The molecule has 0 heterocycles.